The summed E-state index contributed by atoms with van der Waals surface area (Å²) in [6.07, 6.45) is 3.62. The average molecular weight is 449 g/mol. The fourth-order valence-corrected chi connectivity index (χ4v) is 3.73. The van der Waals surface area contributed by atoms with E-state index in [1.165, 1.54) is 11.1 Å². The lowest BCUT2D eigenvalue weighted by Gasteiger charge is -2.39. The lowest BCUT2D eigenvalue weighted by molar-refractivity contribution is -0.0675. The van der Waals surface area contributed by atoms with Gasteiger partial charge in [-0.3, -0.25) is 4.79 Å². The normalized spacial score (nSPS) is 17.3. The number of piperidine rings is 1. The van der Waals surface area contributed by atoms with Crippen LogP contribution in [0.4, 0.5) is 14.6 Å². The summed E-state index contributed by atoms with van der Waals surface area (Å²) in [5.74, 6) is -2.56. The summed E-state index contributed by atoms with van der Waals surface area (Å²) in [5.41, 5.74) is 1.59. The van der Waals surface area contributed by atoms with Crippen molar-refractivity contribution in [1.82, 2.24) is 24.8 Å². The predicted molar refractivity (Wildman–Crippen MR) is 116 cm³/mol. The number of hydrogen-bond acceptors (Lipinski definition) is 7. The van der Waals surface area contributed by atoms with E-state index in [0.29, 0.717) is 28.5 Å². The van der Waals surface area contributed by atoms with Gasteiger partial charge in [0.1, 0.15) is 17.6 Å². The van der Waals surface area contributed by atoms with Crippen molar-refractivity contribution < 1.29 is 13.6 Å². The number of likely N-dealkylation sites (tertiary alicyclic amines) is 1. The third-order valence-electron chi connectivity index (χ3n) is 5.41. The van der Waals surface area contributed by atoms with E-state index in [0.717, 1.165) is 0 Å². The summed E-state index contributed by atoms with van der Waals surface area (Å²) in [6.45, 7) is 1.72. The molecule has 0 bridgehead atoms. The van der Waals surface area contributed by atoms with Crippen molar-refractivity contribution in [2.24, 2.45) is 0 Å². The highest BCUT2D eigenvalue weighted by Gasteiger charge is 2.42. The molecule has 1 aliphatic heterocycles. The van der Waals surface area contributed by atoms with E-state index < -0.39 is 30.7 Å². The summed E-state index contributed by atoms with van der Waals surface area (Å²) in [7, 11) is 0. The maximum atomic E-state index is 14.3. The highest BCUT2D eigenvalue weighted by Crippen LogP contribution is 2.33. The Balaban J connectivity index is 1.61. The molecule has 3 aromatic heterocycles. The fraction of sp³-hybridized carbons (Fsp3) is 0.304. The van der Waals surface area contributed by atoms with Crippen LogP contribution in [0.1, 0.15) is 34.6 Å². The number of carbonyl (C=O) groups is 1. The third-order valence-corrected chi connectivity index (χ3v) is 5.41. The van der Waals surface area contributed by atoms with E-state index in [-0.39, 0.29) is 18.8 Å². The van der Waals surface area contributed by atoms with Gasteiger partial charge in [0, 0.05) is 50.2 Å². The smallest absolute Gasteiger partial charge is 0.273 e. The van der Waals surface area contributed by atoms with Gasteiger partial charge < -0.3 is 10.2 Å². The van der Waals surface area contributed by atoms with Crippen LogP contribution < -0.4 is 5.32 Å². The van der Waals surface area contributed by atoms with Crippen molar-refractivity contribution >= 4 is 11.7 Å². The number of hydrogen-bond donors (Lipinski definition) is 1. The number of amides is 1. The maximum absolute atomic E-state index is 14.3. The van der Waals surface area contributed by atoms with Crippen LogP contribution in [0.25, 0.3) is 11.4 Å². The van der Waals surface area contributed by atoms with Gasteiger partial charge in [0.2, 0.25) is 0 Å². The summed E-state index contributed by atoms with van der Waals surface area (Å²) >= 11 is 0. The van der Waals surface area contributed by atoms with E-state index in [4.69, 9.17) is 5.26 Å². The Kier molecular flexibility index (Phi) is 6.22. The topological polar surface area (TPSA) is 108 Å². The molecule has 0 radical (unpaired) electrons. The number of nitrogens with one attached hydrogen (secondary N) is 1. The molecule has 0 spiro atoms. The van der Waals surface area contributed by atoms with E-state index >= 15 is 0 Å². The second-order valence-corrected chi connectivity index (χ2v) is 7.81. The van der Waals surface area contributed by atoms with Crippen molar-refractivity contribution in [2.45, 2.75) is 31.7 Å². The van der Waals surface area contributed by atoms with Gasteiger partial charge in [-0.05, 0) is 37.3 Å². The monoisotopic (exact) mass is 449 g/mol. The molecular weight excluding hydrogens is 428 g/mol. The molecule has 33 heavy (non-hydrogen) atoms. The lowest BCUT2D eigenvalue weighted by atomic mass is 9.97. The Hall–Kier alpha value is -4.00. The van der Waals surface area contributed by atoms with Crippen LogP contribution in [-0.2, 0) is 0 Å². The van der Waals surface area contributed by atoms with Crippen molar-refractivity contribution in [3.63, 3.8) is 0 Å². The summed E-state index contributed by atoms with van der Waals surface area (Å²) in [5, 5.41) is 11.9. The Labute approximate surface area is 189 Å². The van der Waals surface area contributed by atoms with Gasteiger partial charge in [-0.15, -0.1) is 0 Å². The molecular formula is C23H21F2N7O. The highest BCUT2D eigenvalue weighted by atomic mass is 19.3. The van der Waals surface area contributed by atoms with Gasteiger partial charge >= 0.3 is 0 Å². The first kappa shape index (κ1) is 22.2. The second-order valence-electron chi connectivity index (χ2n) is 7.81. The largest absolute Gasteiger partial charge is 0.368 e. The Morgan fingerprint density at radius 1 is 1.24 bits per heavy atom. The van der Waals surface area contributed by atoms with Crippen LogP contribution >= 0.6 is 0 Å². The zero-order chi connectivity index (χ0) is 23.4. The highest BCUT2D eigenvalue weighted by molar-refractivity contribution is 5.98. The van der Waals surface area contributed by atoms with Crippen LogP contribution in [0.3, 0.4) is 0 Å². The second kappa shape index (κ2) is 9.24. The number of aromatic nitrogens is 4. The van der Waals surface area contributed by atoms with Gasteiger partial charge in [0.25, 0.3) is 11.8 Å². The fourth-order valence-electron chi connectivity index (χ4n) is 3.73. The molecule has 1 saturated heterocycles. The average Bonchev–Trinajstić information content (AvgIpc) is 2.83. The van der Waals surface area contributed by atoms with Crippen molar-refractivity contribution in [2.75, 3.05) is 18.4 Å². The Morgan fingerprint density at radius 2 is 2.03 bits per heavy atom. The third kappa shape index (κ3) is 5.09. The van der Waals surface area contributed by atoms with E-state index in [9.17, 15) is 13.6 Å². The van der Waals surface area contributed by atoms with E-state index in [2.05, 4.69) is 25.3 Å². The quantitative estimate of drug-likeness (QED) is 0.635. The van der Waals surface area contributed by atoms with Crippen LogP contribution in [0.2, 0.25) is 0 Å². The van der Waals surface area contributed by atoms with Crippen LogP contribution in [0.15, 0.2) is 48.9 Å². The molecule has 1 amide bonds. The van der Waals surface area contributed by atoms with Gasteiger partial charge in [0.15, 0.2) is 5.82 Å². The molecule has 1 N–H and O–H groups in total. The first-order chi connectivity index (χ1) is 15.9. The summed E-state index contributed by atoms with van der Waals surface area (Å²) < 4.78 is 28.5. The van der Waals surface area contributed by atoms with Crippen molar-refractivity contribution in [3.8, 4) is 17.5 Å². The van der Waals surface area contributed by atoms with Gasteiger partial charge in [0.05, 0.1) is 17.2 Å². The van der Waals surface area contributed by atoms with Gasteiger partial charge in [-0.1, -0.05) is 0 Å². The number of halogens is 2. The minimum Gasteiger partial charge on any atom is -0.368 e. The van der Waals surface area contributed by atoms with Gasteiger partial charge in [-0.25, -0.2) is 28.7 Å². The molecule has 4 heterocycles. The molecule has 10 heteroatoms. The zero-order valence-electron chi connectivity index (χ0n) is 17.9. The number of aryl methyl sites for hydroxylation is 1. The van der Waals surface area contributed by atoms with Crippen molar-refractivity contribution in [3.05, 3.63) is 65.9 Å². The number of pyridine rings is 2. The zero-order valence-corrected chi connectivity index (χ0v) is 17.9. The molecule has 0 aromatic carbocycles. The van der Waals surface area contributed by atoms with E-state index in [1.54, 1.807) is 49.6 Å². The molecule has 1 atom stereocenters. The van der Waals surface area contributed by atoms with Crippen LogP contribution in [0, 0.1) is 18.3 Å². The summed E-state index contributed by atoms with van der Waals surface area (Å²) in [6, 6.07) is 9.50. The first-order valence-electron chi connectivity index (χ1n) is 10.4. The molecule has 0 aliphatic carbocycles. The number of nitriles is 1. The summed E-state index contributed by atoms with van der Waals surface area (Å²) in [4.78, 5) is 31.9. The Morgan fingerprint density at radius 3 is 2.73 bits per heavy atom. The number of alkyl halides is 2. The lowest BCUT2D eigenvalue weighted by Crippen LogP contribution is -2.52. The molecule has 1 fully saturated rings. The number of rotatable bonds is 5. The molecule has 168 valence electrons. The maximum Gasteiger partial charge on any atom is 0.273 e. The minimum atomic E-state index is -2.88. The first-order valence-corrected chi connectivity index (χ1v) is 10.4. The van der Waals surface area contributed by atoms with Crippen LogP contribution in [0.5, 0.6) is 0 Å². The molecule has 8 nitrogen and oxygen atoms in total. The molecule has 4 rings (SSSR count). The minimum absolute atomic E-state index is 0.0726. The van der Waals surface area contributed by atoms with Gasteiger partial charge in [-0.2, -0.15) is 5.26 Å². The molecule has 3 aromatic rings. The molecule has 1 aliphatic rings. The molecule has 1 unspecified atom stereocenters. The van der Waals surface area contributed by atoms with E-state index in [1.807, 2.05) is 6.07 Å². The Bertz CT molecular complexity index is 1180. The number of nitrogens with zero attached hydrogens (tertiary/aromatic N) is 6. The van der Waals surface area contributed by atoms with Crippen molar-refractivity contribution in [1.29, 1.82) is 5.26 Å². The number of carbonyl (C=O) groups excluding carboxylic acids is 1. The SMILES string of the molecule is Cc1ccc(-c2ncccn2)c(C(=O)N2CCC(F)(F)CC2CNc2ccc(C#N)cn2)n1. The predicted octanol–water partition coefficient (Wildman–Crippen LogP) is 3.47. The number of anilines is 1. The molecule has 0 saturated carbocycles. The standard InChI is InChI=1S/C23H21F2N7O/c1-15-3-5-18(21-27-8-2-9-28-21)20(31-15)22(33)32-10-7-23(24,25)11-17(32)14-30-19-6-4-16(12-26)13-29-19/h2-6,8-9,13,17H,7,10-11,14H2,1H3,(H,29,30). The van der Waals surface area contributed by atoms with Crippen LogP contribution in [-0.4, -0.2) is 55.8 Å².